The van der Waals surface area contributed by atoms with Gasteiger partial charge in [0.1, 0.15) is 0 Å². The van der Waals surface area contributed by atoms with E-state index in [1.807, 2.05) is 11.6 Å². The van der Waals surface area contributed by atoms with Crippen LogP contribution < -0.4 is 5.32 Å². The van der Waals surface area contributed by atoms with Crippen LogP contribution in [-0.2, 0) is 4.74 Å². The third kappa shape index (κ3) is 3.39. The van der Waals surface area contributed by atoms with Gasteiger partial charge in [-0.1, -0.05) is 0 Å². The van der Waals surface area contributed by atoms with Crippen LogP contribution in [0.5, 0.6) is 0 Å². The molecular weight excluding hydrogens is 294 g/mol. The first-order valence-electron chi connectivity index (χ1n) is 7.86. The van der Waals surface area contributed by atoms with Gasteiger partial charge in [-0.25, -0.2) is 0 Å². The van der Waals surface area contributed by atoms with Gasteiger partial charge in [-0.2, -0.15) is 15.3 Å². The zero-order valence-corrected chi connectivity index (χ0v) is 13.4. The fraction of sp³-hybridized carbons (Fsp3) is 0.500. The van der Waals surface area contributed by atoms with E-state index in [-0.39, 0.29) is 11.9 Å². The minimum atomic E-state index is -0.180. The summed E-state index contributed by atoms with van der Waals surface area (Å²) in [5.74, 6) is 0.351. The molecule has 0 aliphatic carbocycles. The van der Waals surface area contributed by atoms with Crippen molar-refractivity contribution in [1.82, 2.24) is 20.0 Å². The summed E-state index contributed by atoms with van der Waals surface area (Å²) in [6.07, 6.45) is 6.76. The molecule has 0 saturated carbocycles. The summed E-state index contributed by atoms with van der Waals surface area (Å²) in [5, 5.41) is 14.7. The normalized spacial score (nSPS) is 17.0. The van der Waals surface area contributed by atoms with Crippen LogP contribution >= 0.6 is 0 Å². The average Bonchev–Trinajstić information content (AvgIpc) is 2.97. The zero-order valence-electron chi connectivity index (χ0n) is 13.4. The largest absolute Gasteiger partial charge is 0.381 e. The van der Waals surface area contributed by atoms with Crippen molar-refractivity contribution in [1.29, 1.82) is 0 Å². The first kappa shape index (κ1) is 15.6. The number of amides is 1. The molecule has 23 heavy (non-hydrogen) atoms. The van der Waals surface area contributed by atoms with Gasteiger partial charge < -0.3 is 10.1 Å². The summed E-state index contributed by atoms with van der Waals surface area (Å²) >= 11 is 0. The van der Waals surface area contributed by atoms with Crippen LogP contribution in [0.15, 0.2) is 24.7 Å². The van der Waals surface area contributed by atoms with Crippen LogP contribution in [0.2, 0.25) is 0 Å². The molecule has 2 aromatic heterocycles. The Kier molecular flexibility index (Phi) is 4.66. The van der Waals surface area contributed by atoms with Gasteiger partial charge in [0.25, 0.3) is 5.91 Å². The Labute approximate surface area is 135 Å². The Morgan fingerprint density at radius 3 is 2.83 bits per heavy atom. The van der Waals surface area contributed by atoms with Crippen molar-refractivity contribution in [3.8, 4) is 0 Å². The molecule has 1 unspecified atom stereocenters. The van der Waals surface area contributed by atoms with Crippen molar-refractivity contribution in [3.63, 3.8) is 0 Å². The lowest BCUT2D eigenvalue weighted by Gasteiger charge is -2.28. The van der Waals surface area contributed by atoms with Gasteiger partial charge in [-0.05, 0) is 38.7 Å². The minimum absolute atomic E-state index is 0.180. The average molecular weight is 315 g/mol. The van der Waals surface area contributed by atoms with E-state index >= 15 is 0 Å². The topological polar surface area (TPSA) is 81.9 Å². The molecule has 1 atom stereocenters. The van der Waals surface area contributed by atoms with Crippen molar-refractivity contribution in [2.75, 3.05) is 18.5 Å². The van der Waals surface area contributed by atoms with Gasteiger partial charge >= 0.3 is 0 Å². The van der Waals surface area contributed by atoms with Crippen LogP contribution in [0.25, 0.3) is 0 Å². The first-order valence-corrected chi connectivity index (χ1v) is 7.86. The van der Waals surface area contributed by atoms with E-state index in [0.717, 1.165) is 31.7 Å². The number of hydrogen-bond donors (Lipinski definition) is 1. The molecule has 1 aliphatic heterocycles. The van der Waals surface area contributed by atoms with E-state index in [1.165, 1.54) is 6.20 Å². The van der Waals surface area contributed by atoms with Gasteiger partial charge in [0.2, 0.25) is 0 Å². The Hall–Kier alpha value is -2.28. The highest BCUT2D eigenvalue weighted by Gasteiger charge is 2.25. The number of hydrogen-bond acceptors (Lipinski definition) is 5. The summed E-state index contributed by atoms with van der Waals surface area (Å²) in [6, 6.07) is 1.96. The van der Waals surface area contributed by atoms with Crippen molar-refractivity contribution in [2.45, 2.75) is 32.7 Å². The molecule has 1 N–H and O–H groups in total. The monoisotopic (exact) mass is 315 g/mol. The van der Waals surface area contributed by atoms with Crippen LogP contribution in [0.1, 0.15) is 41.9 Å². The molecule has 7 heteroatoms. The van der Waals surface area contributed by atoms with E-state index in [9.17, 15) is 4.79 Å². The highest BCUT2D eigenvalue weighted by atomic mass is 16.5. The lowest BCUT2D eigenvalue weighted by atomic mass is 9.93. The maximum atomic E-state index is 12.4. The van der Waals surface area contributed by atoms with Crippen molar-refractivity contribution in [2.24, 2.45) is 5.92 Å². The third-order valence-corrected chi connectivity index (χ3v) is 4.47. The zero-order chi connectivity index (χ0) is 16.2. The predicted molar refractivity (Wildman–Crippen MR) is 85.2 cm³/mol. The molecule has 7 nitrogen and oxygen atoms in total. The molecular formula is C16H21N5O2. The molecule has 3 rings (SSSR count). The van der Waals surface area contributed by atoms with Crippen LogP contribution in [0.4, 0.5) is 5.69 Å². The lowest BCUT2D eigenvalue weighted by Crippen LogP contribution is -2.25. The molecule has 0 bridgehead atoms. The van der Waals surface area contributed by atoms with E-state index in [2.05, 4.69) is 27.5 Å². The number of carbonyl (C=O) groups is 1. The number of nitrogens with one attached hydrogen (secondary N) is 1. The maximum Gasteiger partial charge on any atom is 0.259 e. The summed E-state index contributed by atoms with van der Waals surface area (Å²) < 4.78 is 7.38. The summed E-state index contributed by atoms with van der Waals surface area (Å²) in [5.41, 5.74) is 2.08. The standard InChI is InChI=1S/C16H21N5O2/c1-11(13-4-7-23-8-5-13)21-12(2)15(10-19-21)16(22)20-14-3-6-17-18-9-14/h3,6,9-11,13H,4-5,7-8H2,1-2H3,(H,17,20,22). The van der Waals surface area contributed by atoms with Crippen LogP contribution in [0.3, 0.4) is 0 Å². The van der Waals surface area contributed by atoms with E-state index in [0.29, 0.717) is 17.2 Å². The molecule has 2 aromatic rings. The number of aromatic nitrogens is 4. The fourth-order valence-electron chi connectivity index (χ4n) is 3.02. The molecule has 1 saturated heterocycles. The number of rotatable bonds is 4. The Morgan fingerprint density at radius 2 is 2.13 bits per heavy atom. The Balaban J connectivity index is 1.74. The Morgan fingerprint density at radius 1 is 1.35 bits per heavy atom. The predicted octanol–water partition coefficient (Wildman–Crippen LogP) is 2.22. The quantitative estimate of drug-likeness (QED) is 0.935. The highest BCUT2D eigenvalue weighted by molar-refractivity contribution is 6.04. The van der Waals surface area contributed by atoms with Gasteiger partial charge in [0.05, 0.1) is 35.9 Å². The van der Waals surface area contributed by atoms with Crippen molar-refractivity contribution in [3.05, 3.63) is 35.9 Å². The van der Waals surface area contributed by atoms with Gasteiger partial charge in [-0.3, -0.25) is 9.48 Å². The highest BCUT2D eigenvalue weighted by Crippen LogP contribution is 2.28. The second-order valence-corrected chi connectivity index (χ2v) is 5.86. The van der Waals surface area contributed by atoms with Crippen LogP contribution in [0, 0.1) is 12.8 Å². The second-order valence-electron chi connectivity index (χ2n) is 5.86. The maximum absolute atomic E-state index is 12.4. The summed E-state index contributed by atoms with van der Waals surface area (Å²) in [7, 11) is 0. The van der Waals surface area contributed by atoms with E-state index in [4.69, 9.17) is 4.74 Å². The first-order chi connectivity index (χ1) is 11.2. The van der Waals surface area contributed by atoms with Crippen LogP contribution in [-0.4, -0.2) is 39.1 Å². The smallest absolute Gasteiger partial charge is 0.259 e. The molecule has 1 amide bonds. The summed E-state index contributed by atoms with van der Waals surface area (Å²) in [6.45, 7) is 5.70. The summed E-state index contributed by atoms with van der Waals surface area (Å²) in [4.78, 5) is 12.4. The van der Waals surface area contributed by atoms with Gasteiger partial charge in [0.15, 0.2) is 0 Å². The molecule has 1 fully saturated rings. The van der Waals surface area contributed by atoms with Crippen molar-refractivity contribution >= 4 is 11.6 Å². The lowest BCUT2D eigenvalue weighted by molar-refractivity contribution is 0.0492. The van der Waals surface area contributed by atoms with Gasteiger partial charge in [-0.15, -0.1) is 0 Å². The SMILES string of the molecule is Cc1c(C(=O)Nc2ccnnc2)cnn1C(C)C1CCOCC1. The number of nitrogens with zero attached hydrogens (tertiary/aromatic N) is 4. The molecule has 0 aromatic carbocycles. The molecule has 122 valence electrons. The number of carbonyl (C=O) groups excluding carboxylic acids is 1. The Bertz CT molecular complexity index is 664. The number of anilines is 1. The minimum Gasteiger partial charge on any atom is -0.381 e. The second kappa shape index (κ2) is 6.87. The molecule has 1 aliphatic rings. The molecule has 0 spiro atoms. The molecule has 3 heterocycles. The number of ether oxygens (including phenoxy) is 1. The molecule has 0 radical (unpaired) electrons. The van der Waals surface area contributed by atoms with E-state index < -0.39 is 0 Å². The third-order valence-electron chi connectivity index (χ3n) is 4.47. The van der Waals surface area contributed by atoms with Gasteiger partial charge in [0, 0.05) is 18.9 Å². The fourth-order valence-corrected chi connectivity index (χ4v) is 3.02. The van der Waals surface area contributed by atoms with Crippen molar-refractivity contribution < 1.29 is 9.53 Å². The van der Waals surface area contributed by atoms with E-state index in [1.54, 1.807) is 18.5 Å².